The molecule has 1 aliphatic rings. The first-order valence-corrected chi connectivity index (χ1v) is 7.26. The fourth-order valence-electron chi connectivity index (χ4n) is 2.95. The average molecular weight is 295 g/mol. The fourth-order valence-corrected chi connectivity index (χ4v) is 2.95. The highest BCUT2D eigenvalue weighted by atomic mass is 19.1. The molecule has 110 valence electrons. The third-order valence-electron chi connectivity index (χ3n) is 4.12. The molecule has 0 atom stereocenters. The maximum Gasteiger partial charge on any atom is 0.253 e. The number of carbonyl (C=O) groups excluding carboxylic acids is 1. The summed E-state index contributed by atoms with van der Waals surface area (Å²) in [5.41, 5.74) is 8.41. The van der Waals surface area contributed by atoms with E-state index in [9.17, 15) is 9.18 Å². The Balaban J connectivity index is 2.02. The van der Waals surface area contributed by atoms with Crippen molar-refractivity contribution in [2.45, 2.75) is 18.8 Å². The van der Waals surface area contributed by atoms with Crippen molar-refractivity contribution in [3.8, 4) is 11.3 Å². The van der Waals surface area contributed by atoms with Crippen LogP contribution >= 0.6 is 0 Å². The van der Waals surface area contributed by atoms with Crippen LogP contribution in [0.1, 0.15) is 34.7 Å². The number of fused-ring (bicyclic) bond motifs is 1. The van der Waals surface area contributed by atoms with Gasteiger partial charge in [0.15, 0.2) is 0 Å². The van der Waals surface area contributed by atoms with E-state index in [0.29, 0.717) is 28.4 Å². The second kappa shape index (κ2) is 4.70. The van der Waals surface area contributed by atoms with Crippen molar-refractivity contribution in [3.05, 3.63) is 59.4 Å². The summed E-state index contributed by atoms with van der Waals surface area (Å²) in [6, 6.07) is 11.7. The van der Waals surface area contributed by atoms with E-state index in [-0.39, 0.29) is 5.82 Å². The summed E-state index contributed by atoms with van der Waals surface area (Å²) in [6.07, 6.45) is 2.24. The van der Waals surface area contributed by atoms with Crippen LogP contribution in [-0.2, 0) is 0 Å². The number of amides is 1. The highest BCUT2D eigenvalue weighted by Gasteiger charge is 2.30. The van der Waals surface area contributed by atoms with E-state index in [1.54, 1.807) is 12.1 Å². The van der Waals surface area contributed by atoms with Crippen LogP contribution in [0.15, 0.2) is 46.9 Å². The van der Waals surface area contributed by atoms with E-state index >= 15 is 0 Å². The minimum Gasteiger partial charge on any atom is -0.455 e. The minimum absolute atomic E-state index is 0.334. The van der Waals surface area contributed by atoms with Crippen LogP contribution < -0.4 is 5.73 Å². The monoisotopic (exact) mass is 295 g/mol. The summed E-state index contributed by atoms with van der Waals surface area (Å²) in [7, 11) is 0. The molecule has 0 unspecified atom stereocenters. The van der Waals surface area contributed by atoms with Gasteiger partial charge in [-0.25, -0.2) is 4.39 Å². The fraction of sp³-hybridized carbons (Fsp3) is 0.167. The Morgan fingerprint density at radius 3 is 2.50 bits per heavy atom. The first-order chi connectivity index (χ1) is 10.6. The second-order valence-corrected chi connectivity index (χ2v) is 5.67. The van der Waals surface area contributed by atoms with Gasteiger partial charge in [-0.1, -0.05) is 12.1 Å². The molecule has 4 rings (SSSR count). The predicted octanol–water partition coefficient (Wildman–Crippen LogP) is 4.22. The Labute approximate surface area is 126 Å². The van der Waals surface area contributed by atoms with Crippen molar-refractivity contribution in [3.63, 3.8) is 0 Å². The molecule has 1 aliphatic carbocycles. The summed E-state index contributed by atoms with van der Waals surface area (Å²) in [5.74, 6) is 0.0291. The van der Waals surface area contributed by atoms with Crippen molar-refractivity contribution < 1.29 is 13.6 Å². The zero-order chi connectivity index (χ0) is 15.3. The molecule has 1 saturated carbocycles. The first-order valence-electron chi connectivity index (χ1n) is 7.26. The van der Waals surface area contributed by atoms with Crippen LogP contribution in [0, 0.1) is 5.82 Å². The maximum absolute atomic E-state index is 13.1. The van der Waals surface area contributed by atoms with Crippen LogP contribution in [0.5, 0.6) is 0 Å². The van der Waals surface area contributed by atoms with Crippen molar-refractivity contribution in [1.82, 2.24) is 0 Å². The number of halogens is 1. The molecule has 0 saturated heterocycles. The van der Waals surface area contributed by atoms with E-state index < -0.39 is 5.91 Å². The Kier molecular flexibility index (Phi) is 2.79. The van der Waals surface area contributed by atoms with Gasteiger partial charge in [0.1, 0.15) is 17.2 Å². The second-order valence-electron chi connectivity index (χ2n) is 5.67. The van der Waals surface area contributed by atoms with Gasteiger partial charge in [0.2, 0.25) is 0 Å². The molecule has 2 aromatic carbocycles. The standard InChI is InChI=1S/C18H14FNO2/c19-12-8-6-11(7-9-12)17-16(18(20)21)15-13(10-4-5-10)2-1-3-14(15)22-17/h1-3,6-10H,4-5H2,(H2,20,21). The smallest absolute Gasteiger partial charge is 0.253 e. The van der Waals surface area contributed by atoms with Gasteiger partial charge in [-0.05, 0) is 54.7 Å². The molecule has 0 spiro atoms. The maximum atomic E-state index is 13.1. The molecule has 1 aromatic heterocycles. The van der Waals surface area contributed by atoms with Crippen molar-refractivity contribution in [2.24, 2.45) is 5.73 Å². The molecule has 4 heteroatoms. The van der Waals surface area contributed by atoms with Crippen molar-refractivity contribution in [2.75, 3.05) is 0 Å². The number of benzene rings is 2. The Bertz CT molecular complexity index is 876. The largest absolute Gasteiger partial charge is 0.455 e. The van der Waals surface area contributed by atoms with E-state index in [0.717, 1.165) is 23.8 Å². The van der Waals surface area contributed by atoms with E-state index in [2.05, 4.69) is 0 Å². The molecule has 2 N–H and O–H groups in total. The number of hydrogen-bond donors (Lipinski definition) is 1. The van der Waals surface area contributed by atoms with Gasteiger partial charge < -0.3 is 10.2 Å². The Morgan fingerprint density at radius 2 is 1.86 bits per heavy atom. The first kappa shape index (κ1) is 13.1. The van der Waals surface area contributed by atoms with Crippen LogP contribution in [0.25, 0.3) is 22.3 Å². The number of nitrogens with two attached hydrogens (primary N) is 1. The zero-order valence-corrected chi connectivity index (χ0v) is 11.8. The number of hydrogen-bond acceptors (Lipinski definition) is 2. The summed E-state index contributed by atoms with van der Waals surface area (Å²) >= 11 is 0. The topological polar surface area (TPSA) is 56.2 Å². The van der Waals surface area contributed by atoms with Gasteiger partial charge in [-0.3, -0.25) is 4.79 Å². The molecule has 1 amide bonds. The lowest BCUT2D eigenvalue weighted by molar-refractivity contribution is 0.100. The van der Waals surface area contributed by atoms with Gasteiger partial charge in [0.25, 0.3) is 5.91 Å². The molecule has 0 bridgehead atoms. The number of rotatable bonds is 3. The lowest BCUT2D eigenvalue weighted by atomic mass is 9.99. The molecule has 0 radical (unpaired) electrons. The molecule has 0 aliphatic heterocycles. The van der Waals surface area contributed by atoms with E-state index in [1.807, 2.05) is 18.2 Å². The van der Waals surface area contributed by atoms with Crippen LogP contribution in [-0.4, -0.2) is 5.91 Å². The Hall–Kier alpha value is -2.62. The van der Waals surface area contributed by atoms with Gasteiger partial charge in [0.05, 0.1) is 5.56 Å². The van der Waals surface area contributed by atoms with Crippen molar-refractivity contribution >= 4 is 16.9 Å². The highest BCUT2D eigenvalue weighted by molar-refractivity contribution is 6.11. The van der Waals surface area contributed by atoms with Gasteiger partial charge >= 0.3 is 0 Å². The SMILES string of the molecule is NC(=O)c1c(-c2ccc(F)cc2)oc2cccc(C3CC3)c12. The predicted molar refractivity (Wildman–Crippen MR) is 82.1 cm³/mol. The normalized spacial score (nSPS) is 14.4. The summed E-state index contributed by atoms with van der Waals surface area (Å²) < 4.78 is 19.0. The molecule has 3 nitrogen and oxygen atoms in total. The van der Waals surface area contributed by atoms with Gasteiger partial charge in [0, 0.05) is 10.9 Å². The van der Waals surface area contributed by atoms with Crippen LogP contribution in [0.2, 0.25) is 0 Å². The third kappa shape index (κ3) is 1.99. The zero-order valence-electron chi connectivity index (χ0n) is 11.8. The van der Waals surface area contributed by atoms with Gasteiger partial charge in [-0.2, -0.15) is 0 Å². The van der Waals surface area contributed by atoms with Crippen LogP contribution in [0.3, 0.4) is 0 Å². The number of primary amides is 1. The Morgan fingerprint density at radius 1 is 1.14 bits per heavy atom. The third-order valence-corrected chi connectivity index (χ3v) is 4.12. The summed E-state index contributed by atoms with van der Waals surface area (Å²) in [6.45, 7) is 0. The van der Waals surface area contributed by atoms with E-state index in [1.165, 1.54) is 12.1 Å². The molecule has 1 fully saturated rings. The highest BCUT2D eigenvalue weighted by Crippen LogP contribution is 2.46. The van der Waals surface area contributed by atoms with Crippen LogP contribution in [0.4, 0.5) is 4.39 Å². The number of carbonyl (C=O) groups is 1. The summed E-state index contributed by atoms with van der Waals surface area (Å²) in [4.78, 5) is 12.0. The average Bonchev–Trinajstić information content (AvgIpc) is 3.26. The molecule has 3 aromatic rings. The lowest BCUT2D eigenvalue weighted by Crippen LogP contribution is -2.12. The quantitative estimate of drug-likeness (QED) is 0.786. The molecule has 22 heavy (non-hydrogen) atoms. The summed E-state index contributed by atoms with van der Waals surface area (Å²) in [5, 5.41) is 0.803. The number of furan rings is 1. The van der Waals surface area contributed by atoms with Gasteiger partial charge in [-0.15, -0.1) is 0 Å². The molecular weight excluding hydrogens is 281 g/mol. The molecule has 1 heterocycles. The minimum atomic E-state index is -0.522. The molecular formula is C18H14FNO2. The van der Waals surface area contributed by atoms with Crippen molar-refractivity contribution in [1.29, 1.82) is 0 Å². The lowest BCUT2D eigenvalue weighted by Gasteiger charge is -2.02. The van der Waals surface area contributed by atoms with E-state index in [4.69, 9.17) is 10.2 Å².